The van der Waals surface area contributed by atoms with Crippen molar-refractivity contribution >= 4 is 29.4 Å². The number of carbonyl (C=O) groups is 4. The molecular formula is C25H28N2O6. The predicted octanol–water partition coefficient (Wildman–Crippen LogP) is 3.35. The van der Waals surface area contributed by atoms with Crippen LogP contribution in [0.4, 0.5) is 5.69 Å². The number of benzene rings is 2. The molecule has 0 saturated carbocycles. The lowest BCUT2D eigenvalue weighted by atomic mass is 10.0. The minimum absolute atomic E-state index is 0.131. The van der Waals surface area contributed by atoms with Gasteiger partial charge in [-0.05, 0) is 57.4 Å². The van der Waals surface area contributed by atoms with E-state index in [0.717, 1.165) is 18.4 Å². The third-order valence-corrected chi connectivity index (χ3v) is 5.38. The predicted molar refractivity (Wildman–Crippen MR) is 122 cm³/mol. The molecule has 0 bridgehead atoms. The molecule has 174 valence electrons. The van der Waals surface area contributed by atoms with E-state index in [9.17, 15) is 19.2 Å². The van der Waals surface area contributed by atoms with Crippen molar-refractivity contribution in [2.24, 2.45) is 0 Å². The highest BCUT2D eigenvalue weighted by atomic mass is 16.5. The summed E-state index contributed by atoms with van der Waals surface area (Å²) in [7, 11) is 0. The van der Waals surface area contributed by atoms with Crippen molar-refractivity contribution in [2.75, 3.05) is 25.1 Å². The molecule has 1 aliphatic heterocycles. The van der Waals surface area contributed by atoms with Crippen LogP contribution in [0.25, 0.3) is 0 Å². The zero-order valence-electron chi connectivity index (χ0n) is 18.8. The number of hydrogen-bond donors (Lipinski definition) is 1. The van der Waals surface area contributed by atoms with E-state index >= 15 is 0 Å². The number of nitrogens with one attached hydrogen (secondary N) is 1. The van der Waals surface area contributed by atoms with Gasteiger partial charge in [-0.1, -0.05) is 29.8 Å². The molecule has 0 radical (unpaired) electrons. The molecule has 2 aromatic rings. The normalized spacial score (nSPS) is 15.5. The van der Waals surface area contributed by atoms with E-state index in [-0.39, 0.29) is 23.8 Å². The van der Waals surface area contributed by atoms with Gasteiger partial charge in [0.2, 0.25) is 0 Å². The Bertz CT molecular complexity index is 1040. The summed E-state index contributed by atoms with van der Waals surface area (Å²) >= 11 is 0. The molecule has 1 atom stereocenters. The van der Waals surface area contributed by atoms with Crippen LogP contribution in [-0.4, -0.2) is 54.5 Å². The van der Waals surface area contributed by atoms with E-state index in [4.69, 9.17) is 9.47 Å². The van der Waals surface area contributed by atoms with Crippen LogP contribution in [0.3, 0.4) is 0 Å². The van der Waals surface area contributed by atoms with Crippen molar-refractivity contribution in [3.05, 3.63) is 65.2 Å². The number of amides is 2. The maximum absolute atomic E-state index is 12.7. The fraction of sp³-hybridized carbons (Fsp3) is 0.360. The van der Waals surface area contributed by atoms with Crippen LogP contribution in [0.1, 0.15) is 52.5 Å². The first-order chi connectivity index (χ1) is 15.9. The largest absolute Gasteiger partial charge is 0.464 e. The Balaban J connectivity index is 1.65. The van der Waals surface area contributed by atoms with E-state index in [1.165, 1.54) is 11.0 Å². The summed E-state index contributed by atoms with van der Waals surface area (Å²) in [5.41, 5.74) is 1.81. The van der Waals surface area contributed by atoms with E-state index in [2.05, 4.69) is 5.32 Å². The molecule has 1 heterocycles. The van der Waals surface area contributed by atoms with Crippen LogP contribution >= 0.6 is 0 Å². The van der Waals surface area contributed by atoms with Crippen molar-refractivity contribution in [1.29, 1.82) is 0 Å². The average Bonchev–Trinajstić information content (AvgIpc) is 2.82. The third kappa shape index (κ3) is 6.19. The van der Waals surface area contributed by atoms with Gasteiger partial charge >= 0.3 is 11.9 Å². The highest BCUT2D eigenvalue weighted by Gasteiger charge is 2.33. The molecular weight excluding hydrogens is 424 g/mol. The van der Waals surface area contributed by atoms with Gasteiger partial charge in [-0.2, -0.15) is 0 Å². The number of esters is 2. The SMILES string of the molecule is CCOC(=O)C1CCCCN1C(=O)COC(=O)c1ccccc1NC(=O)c1cccc(C)c1. The minimum Gasteiger partial charge on any atom is -0.464 e. The van der Waals surface area contributed by atoms with Crippen LogP contribution in [0.15, 0.2) is 48.5 Å². The topological polar surface area (TPSA) is 102 Å². The second-order valence-corrected chi connectivity index (χ2v) is 7.80. The molecule has 0 spiro atoms. The maximum atomic E-state index is 12.7. The minimum atomic E-state index is -0.742. The monoisotopic (exact) mass is 452 g/mol. The fourth-order valence-corrected chi connectivity index (χ4v) is 3.75. The number of piperidine rings is 1. The summed E-state index contributed by atoms with van der Waals surface area (Å²) in [5.74, 6) is -2.00. The summed E-state index contributed by atoms with van der Waals surface area (Å²) in [6, 6.07) is 12.9. The molecule has 1 N–H and O–H groups in total. The number of aryl methyl sites for hydroxylation is 1. The van der Waals surface area contributed by atoms with E-state index in [0.29, 0.717) is 18.5 Å². The number of rotatable bonds is 7. The molecule has 1 saturated heterocycles. The van der Waals surface area contributed by atoms with Crippen LogP contribution < -0.4 is 5.32 Å². The van der Waals surface area contributed by atoms with Crippen LogP contribution in [0, 0.1) is 6.92 Å². The molecule has 2 aromatic carbocycles. The summed E-state index contributed by atoms with van der Waals surface area (Å²) in [5, 5.41) is 2.73. The van der Waals surface area contributed by atoms with E-state index < -0.39 is 30.5 Å². The smallest absolute Gasteiger partial charge is 0.340 e. The van der Waals surface area contributed by atoms with Crippen molar-refractivity contribution in [2.45, 2.75) is 39.2 Å². The Morgan fingerprint density at radius 3 is 2.58 bits per heavy atom. The van der Waals surface area contributed by atoms with Crippen LogP contribution in [0.5, 0.6) is 0 Å². The number of nitrogens with zero attached hydrogens (tertiary/aromatic N) is 1. The molecule has 2 amide bonds. The Morgan fingerprint density at radius 2 is 1.82 bits per heavy atom. The second kappa shape index (κ2) is 11.3. The number of anilines is 1. The Labute approximate surface area is 192 Å². The Hall–Kier alpha value is -3.68. The zero-order chi connectivity index (χ0) is 23.8. The Kier molecular flexibility index (Phi) is 8.18. The van der Waals surface area contributed by atoms with Gasteiger partial charge in [-0.15, -0.1) is 0 Å². The highest BCUT2D eigenvalue weighted by Crippen LogP contribution is 2.20. The molecule has 1 aliphatic rings. The molecule has 3 rings (SSSR count). The molecule has 1 unspecified atom stereocenters. The van der Waals surface area contributed by atoms with Crippen LogP contribution in [0.2, 0.25) is 0 Å². The van der Waals surface area contributed by atoms with Gasteiger partial charge in [-0.3, -0.25) is 9.59 Å². The highest BCUT2D eigenvalue weighted by molar-refractivity contribution is 6.08. The first-order valence-corrected chi connectivity index (χ1v) is 11.0. The van der Waals surface area contributed by atoms with Gasteiger partial charge in [0.25, 0.3) is 11.8 Å². The summed E-state index contributed by atoms with van der Waals surface area (Å²) < 4.78 is 10.3. The molecule has 1 fully saturated rings. The number of ether oxygens (including phenoxy) is 2. The standard InChI is InChI=1S/C25H28N2O6/c1-3-32-25(31)21-13-6-7-14-27(21)22(28)16-33-24(30)19-11-4-5-12-20(19)26-23(29)18-10-8-9-17(2)15-18/h4-5,8-12,15,21H,3,6-7,13-14,16H2,1-2H3,(H,26,29). The van der Waals surface area contributed by atoms with Gasteiger partial charge in [0.05, 0.1) is 17.9 Å². The molecule has 8 heteroatoms. The quantitative estimate of drug-likeness (QED) is 0.647. The summed E-state index contributed by atoms with van der Waals surface area (Å²) in [6.45, 7) is 3.73. The zero-order valence-corrected chi connectivity index (χ0v) is 18.8. The van der Waals surface area contributed by atoms with Crippen molar-refractivity contribution in [3.8, 4) is 0 Å². The van der Waals surface area contributed by atoms with Crippen LogP contribution in [-0.2, 0) is 19.1 Å². The number of likely N-dealkylation sites (tertiary alicyclic amines) is 1. The number of hydrogen-bond acceptors (Lipinski definition) is 6. The second-order valence-electron chi connectivity index (χ2n) is 7.80. The lowest BCUT2D eigenvalue weighted by Crippen LogP contribution is -2.50. The first-order valence-electron chi connectivity index (χ1n) is 11.0. The third-order valence-electron chi connectivity index (χ3n) is 5.38. The Morgan fingerprint density at radius 1 is 1.03 bits per heavy atom. The summed E-state index contributed by atoms with van der Waals surface area (Å²) in [6.07, 6.45) is 2.11. The lowest BCUT2D eigenvalue weighted by molar-refractivity contribution is -0.157. The summed E-state index contributed by atoms with van der Waals surface area (Å²) in [4.78, 5) is 51.6. The van der Waals surface area contributed by atoms with Crippen molar-refractivity contribution in [1.82, 2.24) is 4.90 Å². The number of carbonyl (C=O) groups excluding carboxylic acids is 4. The molecule has 8 nitrogen and oxygen atoms in total. The van der Waals surface area contributed by atoms with Gasteiger partial charge in [0.1, 0.15) is 6.04 Å². The fourth-order valence-electron chi connectivity index (χ4n) is 3.75. The van der Waals surface area contributed by atoms with Gasteiger partial charge < -0.3 is 19.7 Å². The molecule has 33 heavy (non-hydrogen) atoms. The molecule has 0 aliphatic carbocycles. The lowest BCUT2D eigenvalue weighted by Gasteiger charge is -2.33. The van der Waals surface area contributed by atoms with Gasteiger partial charge in [0, 0.05) is 12.1 Å². The van der Waals surface area contributed by atoms with E-state index in [1.807, 2.05) is 13.0 Å². The van der Waals surface area contributed by atoms with E-state index in [1.54, 1.807) is 43.3 Å². The maximum Gasteiger partial charge on any atom is 0.340 e. The van der Waals surface area contributed by atoms with Gasteiger partial charge in [0.15, 0.2) is 6.61 Å². The number of para-hydroxylation sites is 1. The van der Waals surface area contributed by atoms with Crippen molar-refractivity contribution < 1.29 is 28.7 Å². The first kappa shape index (κ1) is 24.0. The average molecular weight is 453 g/mol. The van der Waals surface area contributed by atoms with Gasteiger partial charge in [-0.25, -0.2) is 9.59 Å². The van der Waals surface area contributed by atoms with Crippen molar-refractivity contribution in [3.63, 3.8) is 0 Å². The molecule has 0 aromatic heterocycles.